The van der Waals surface area contributed by atoms with Gasteiger partial charge in [0, 0.05) is 11.1 Å². The average Bonchev–Trinajstić information content (AvgIpc) is 2.12. The molecular weight excluding hydrogens is 194 g/mol. The Morgan fingerprint density at radius 1 is 1.14 bits per heavy atom. The van der Waals surface area contributed by atoms with Crippen LogP contribution in [0.15, 0.2) is 12.1 Å². The quantitative estimate of drug-likeness (QED) is 0.795. The number of halogens is 1. The van der Waals surface area contributed by atoms with Gasteiger partial charge >= 0.3 is 0 Å². The van der Waals surface area contributed by atoms with Crippen LogP contribution < -0.4 is 5.73 Å². The summed E-state index contributed by atoms with van der Waals surface area (Å²) >= 11 is 6.09. The SMILES string of the molecule is Cc1cc([C@H](N)C(C)C)cc(C)c1Cl. The third-order valence-electron chi connectivity index (χ3n) is 2.56. The van der Waals surface area contributed by atoms with E-state index in [1.807, 2.05) is 13.8 Å². The van der Waals surface area contributed by atoms with Crippen LogP contribution in [0.2, 0.25) is 5.02 Å². The van der Waals surface area contributed by atoms with E-state index >= 15 is 0 Å². The second-order valence-corrected chi connectivity index (χ2v) is 4.62. The molecular formula is C12H18ClN. The van der Waals surface area contributed by atoms with Crippen molar-refractivity contribution in [2.45, 2.75) is 33.7 Å². The van der Waals surface area contributed by atoms with Crippen LogP contribution in [0.1, 0.15) is 36.6 Å². The highest BCUT2D eigenvalue weighted by molar-refractivity contribution is 6.32. The maximum atomic E-state index is 6.09. The maximum absolute atomic E-state index is 6.09. The Morgan fingerprint density at radius 2 is 1.57 bits per heavy atom. The lowest BCUT2D eigenvalue weighted by atomic mass is 9.94. The monoisotopic (exact) mass is 211 g/mol. The van der Waals surface area contributed by atoms with E-state index in [0.29, 0.717) is 5.92 Å². The Balaban J connectivity index is 3.12. The molecule has 1 aromatic carbocycles. The van der Waals surface area contributed by atoms with E-state index in [1.165, 1.54) is 5.56 Å². The highest BCUT2D eigenvalue weighted by atomic mass is 35.5. The molecule has 1 rings (SSSR count). The van der Waals surface area contributed by atoms with E-state index in [0.717, 1.165) is 16.1 Å². The second-order valence-electron chi connectivity index (χ2n) is 4.24. The van der Waals surface area contributed by atoms with E-state index in [9.17, 15) is 0 Å². The van der Waals surface area contributed by atoms with Gasteiger partial charge in [-0.2, -0.15) is 0 Å². The molecule has 2 N–H and O–H groups in total. The van der Waals surface area contributed by atoms with Crippen molar-refractivity contribution >= 4 is 11.6 Å². The van der Waals surface area contributed by atoms with Crippen LogP contribution in [0, 0.1) is 19.8 Å². The smallest absolute Gasteiger partial charge is 0.0464 e. The van der Waals surface area contributed by atoms with Gasteiger partial charge in [0.15, 0.2) is 0 Å². The third-order valence-corrected chi connectivity index (χ3v) is 3.16. The van der Waals surface area contributed by atoms with Crippen molar-refractivity contribution in [2.24, 2.45) is 11.7 Å². The zero-order valence-corrected chi connectivity index (χ0v) is 10.0. The third kappa shape index (κ3) is 2.28. The van der Waals surface area contributed by atoms with Crippen molar-refractivity contribution in [2.75, 3.05) is 0 Å². The number of benzene rings is 1. The molecule has 0 unspecified atom stereocenters. The zero-order chi connectivity index (χ0) is 10.9. The molecule has 0 aliphatic rings. The van der Waals surface area contributed by atoms with Gasteiger partial charge in [-0.15, -0.1) is 0 Å². The summed E-state index contributed by atoms with van der Waals surface area (Å²) < 4.78 is 0. The van der Waals surface area contributed by atoms with E-state index < -0.39 is 0 Å². The molecule has 0 spiro atoms. The van der Waals surface area contributed by atoms with Gasteiger partial charge in [-0.25, -0.2) is 0 Å². The summed E-state index contributed by atoms with van der Waals surface area (Å²) in [6.45, 7) is 8.30. The molecule has 1 aromatic rings. The maximum Gasteiger partial charge on any atom is 0.0464 e. The Kier molecular flexibility index (Phi) is 3.57. The van der Waals surface area contributed by atoms with Crippen LogP contribution in [-0.2, 0) is 0 Å². The standard InChI is InChI=1S/C12H18ClN/c1-7(2)12(14)10-5-8(3)11(13)9(4)6-10/h5-7,12H,14H2,1-4H3/t12-/m1/s1. The van der Waals surface area contributed by atoms with Crippen molar-refractivity contribution < 1.29 is 0 Å². The van der Waals surface area contributed by atoms with Gasteiger partial charge in [0.25, 0.3) is 0 Å². The Hall–Kier alpha value is -0.530. The molecule has 0 radical (unpaired) electrons. The predicted molar refractivity (Wildman–Crippen MR) is 62.7 cm³/mol. The lowest BCUT2D eigenvalue weighted by Crippen LogP contribution is -2.17. The molecule has 0 bridgehead atoms. The first kappa shape index (κ1) is 11.5. The van der Waals surface area contributed by atoms with Gasteiger partial charge in [0.1, 0.15) is 0 Å². The molecule has 0 heterocycles. The van der Waals surface area contributed by atoms with E-state index in [1.54, 1.807) is 0 Å². The van der Waals surface area contributed by atoms with E-state index in [2.05, 4.69) is 26.0 Å². The van der Waals surface area contributed by atoms with Gasteiger partial charge in [0.05, 0.1) is 0 Å². The van der Waals surface area contributed by atoms with Crippen molar-refractivity contribution in [1.82, 2.24) is 0 Å². The van der Waals surface area contributed by atoms with Crippen LogP contribution in [0.3, 0.4) is 0 Å². The van der Waals surface area contributed by atoms with Crippen molar-refractivity contribution in [3.8, 4) is 0 Å². The Labute approximate surface area is 91.3 Å². The van der Waals surface area contributed by atoms with Crippen LogP contribution in [0.4, 0.5) is 0 Å². The fourth-order valence-electron chi connectivity index (χ4n) is 1.56. The molecule has 0 aliphatic carbocycles. The summed E-state index contributed by atoms with van der Waals surface area (Å²) in [7, 11) is 0. The van der Waals surface area contributed by atoms with Crippen LogP contribution in [0.5, 0.6) is 0 Å². The molecule has 0 aliphatic heterocycles. The molecule has 1 atom stereocenters. The lowest BCUT2D eigenvalue weighted by Gasteiger charge is -2.18. The number of rotatable bonds is 2. The minimum Gasteiger partial charge on any atom is -0.324 e. The second kappa shape index (κ2) is 4.33. The fourth-order valence-corrected chi connectivity index (χ4v) is 1.67. The molecule has 0 saturated carbocycles. The fraction of sp³-hybridized carbons (Fsp3) is 0.500. The topological polar surface area (TPSA) is 26.0 Å². The Morgan fingerprint density at radius 3 is 1.93 bits per heavy atom. The first-order valence-electron chi connectivity index (χ1n) is 4.95. The molecule has 0 amide bonds. The molecule has 2 heteroatoms. The first-order chi connectivity index (χ1) is 6.43. The van der Waals surface area contributed by atoms with Gasteiger partial charge in [0.2, 0.25) is 0 Å². The summed E-state index contributed by atoms with van der Waals surface area (Å²) in [5, 5.41) is 0.852. The van der Waals surface area contributed by atoms with Crippen molar-refractivity contribution in [3.63, 3.8) is 0 Å². The lowest BCUT2D eigenvalue weighted by molar-refractivity contribution is 0.514. The summed E-state index contributed by atoms with van der Waals surface area (Å²) in [5.41, 5.74) is 9.48. The normalized spacial score (nSPS) is 13.4. The highest BCUT2D eigenvalue weighted by Gasteiger charge is 2.12. The van der Waals surface area contributed by atoms with Gasteiger partial charge in [-0.3, -0.25) is 0 Å². The van der Waals surface area contributed by atoms with Crippen molar-refractivity contribution in [1.29, 1.82) is 0 Å². The van der Waals surface area contributed by atoms with E-state index in [-0.39, 0.29) is 6.04 Å². The van der Waals surface area contributed by atoms with Crippen LogP contribution >= 0.6 is 11.6 Å². The largest absolute Gasteiger partial charge is 0.324 e. The average molecular weight is 212 g/mol. The van der Waals surface area contributed by atoms with Gasteiger partial charge < -0.3 is 5.73 Å². The first-order valence-corrected chi connectivity index (χ1v) is 5.33. The van der Waals surface area contributed by atoms with Gasteiger partial charge in [-0.05, 0) is 36.5 Å². The molecule has 0 saturated heterocycles. The number of nitrogens with two attached hydrogens (primary N) is 1. The minimum absolute atomic E-state index is 0.102. The molecule has 78 valence electrons. The predicted octanol–water partition coefficient (Wildman–Crippen LogP) is 3.61. The number of aryl methyl sites for hydroxylation is 2. The molecule has 14 heavy (non-hydrogen) atoms. The molecule has 1 nitrogen and oxygen atoms in total. The van der Waals surface area contributed by atoms with E-state index in [4.69, 9.17) is 17.3 Å². The zero-order valence-electron chi connectivity index (χ0n) is 9.26. The minimum atomic E-state index is 0.102. The summed E-state index contributed by atoms with van der Waals surface area (Å²) in [6, 6.07) is 4.27. The number of hydrogen-bond donors (Lipinski definition) is 1. The van der Waals surface area contributed by atoms with Crippen LogP contribution in [0.25, 0.3) is 0 Å². The Bertz CT molecular complexity index is 308. The molecule has 0 aromatic heterocycles. The summed E-state index contributed by atoms with van der Waals surface area (Å²) in [5.74, 6) is 0.454. The number of hydrogen-bond acceptors (Lipinski definition) is 1. The molecule has 0 fully saturated rings. The van der Waals surface area contributed by atoms with Gasteiger partial charge in [-0.1, -0.05) is 37.6 Å². The highest BCUT2D eigenvalue weighted by Crippen LogP contribution is 2.26. The summed E-state index contributed by atoms with van der Waals surface area (Å²) in [4.78, 5) is 0. The summed E-state index contributed by atoms with van der Waals surface area (Å²) in [6.07, 6.45) is 0. The van der Waals surface area contributed by atoms with Crippen molar-refractivity contribution in [3.05, 3.63) is 33.8 Å². The van der Waals surface area contributed by atoms with Crippen LogP contribution in [-0.4, -0.2) is 0 Å².